The Balaban J connectivity index is 0.000000132. The fourth-order valence-corrected chi connectivity index (χ4v) is 21.8. The predicted octanol–water partition coefficient (Wildman–Crippen LogP) is 12.1. The van der Waals surface area contributed by atoms with E-state index >= 15 is 0 Å². The van der Waals surface area contributed by atoms with Gasteiger partial charge >= 0.3 is 0 Å². The third-order valence-electron chi connectivity index (χ3n) is 22.7. The molecule has 6 aliphatic carbocycles. The van der Waals surface area contributed by atoms with Gasteiger partial charge in [-0.2, -0.15) is 15.3 Å². The van der Waals surface area contributed by atoms with Crippen LogP contribution >= 0.6 is 0 Å². The van der Waals surface area contributed by atoms with Crippen molar-refractivity contribution in [2.24, 2.45) is 37.4 Å². The van der Waals surface area contributed by atoms with E-state index in [2.05, 4.69) is 60.5 Å². The third kappa shape index (κ3) is 14.5. The standard InChI is InChI=1S/2C27H23F3N6O3S.C26H22F2N6O3S/c1-35-15-32-26(34-35)40(38,39)21-8-3-18-10-23-17(14-33-36(23)20-6-4-19(28)5-7-20)11-27(18,12-21)24(37)22-9-2-16(13-31-22)25(29)30;1-35-15-32-26(34-35)40(38,39)21-7-2-18-11-23-17(14-33-36(23)20-5-3-19(28)4-6-20)12-27(18,13-21)24(37)22-10-16(25(29)30)8-9-31-22;1-33-15-30-25(32-33)38(36,37)21-8-2-17-10-23-16(13-31-34(23)20-6-3-18(27)4-7-20)11-26(17,12-21)24(35)22-9-5-19(28)14-29-22/h2,4-7,9-10,13-15,21,25H,3,8,11-12H2,1H3;3-6,8-11,14-15,21,25H,2,7,12-13H2,1H3;3-7,9-10,13-15,21H,2,8,11-12H2,1H3/t2*21-,27-;21-,26-/m000/s1. The molecule has 0 N–H and O–H groups in total. The largest absolute Gasteiger partial charge is 0.291 e. The Bertz CT molecular complexity index is 6430. The van der Waals surface area contributed by atoms with Crippen molar-refractivity contribution in [3.8, 4) is 17.1 Å². The molecular weight excluding hydrogens is 1610 g/mol. The number of aryl methyl sites for hydroxylation is 3. The fourth-order valence-electron chi connectivity index (χ4n) is 16.8. The van der Waals surface area contributed by atoms with Gasteiger partial charge in [0, 0.05) is 44.7 Å². The molecule has 0 amide bonds. The lowest BCUT2D eigenvalue weighted by Gasteiger charge is -2.43. The van der Waals surface area contributed by atoms with Crippen LogP contribution in [-0.4, -0.2) is 147 Å². The summed E-state index contributed by atoms with van der Waals surface area (Å²) in [6.07, 6.45) is 13.7. The molecule has 3 aromatic carbocycles. The first-order valence-electron chi connectivity index (χ1n) is 37.0. The van der Waals surface area contributed by atoms with Crippen LogP contribution in [0.3, 0.4) is 0 Å². The highest BCUT2D eigenvalue weighted by Crippen LogP contribution is 2.56. The zero-order valence-corrected chi connectivity index (χ0v) is 65.1. The number of allylic oxidation sites excluding steroid dienone is 3. The molecular formula is C80H68F8N18O9S3. The number of rotatable bonds is 17. The summed E-state index contributed by atoms with van der Waals surface area (Å²) in [5.41, 5.74) is 3.57. The topological polar surface area (TPSA) is 338 Å². The third-order valence-corrected chi connectivity index (χ3v) is 28.6. The SMILES string of the molecule is Cn1cnc(S(=O)(=O)[C@H]2CCC3=Cc4c(cnn4-c4ccc(F)cc4)C[C@]3(C(=O)c3cc(C(F)F)ccn3)C2)n1.Cn1cnc(S(=O)(=O)[C@H]2CCC3=Cc4c(cnn4-c4ccc(F)cc4)C[C@]3(C(=O)c3ccc(C(F)F)cn3)C2)n1.Cn1cnc(S(=O)(=O)[C@H]2CCC3=Cc4c(cnn4-c4ccc(F)cc4)C[C@]3(C(=O)c3ccc(F)cn3)C2)n1. The highest BCUT2D eigenvalue weighted by atomic mass is 32.2. The van der Waals surface area contributed by atoms with E-state index in [-0.39, 0.29) is 132 Å². The molecule has 118 heavy (non-hydrogen) atoms. The minimum Gasteiger partial charge on any atom is -0.291 e. The summed E-state index contributed by atoms with van der Waals surface area (Å²) in [5, 5.41) is 21.6. The number of Topliss-reactive ketones (excluding diaryl/α,β-unsaturated/α-hetero) is 3. The molecule has 0 aliphatic heterocycles. The highest BCUT2D eigenvalue weighted by molar-refractivity contribution is 7.92. The lowest BCUT2D eigenvalue weighted by atomic mass is 9.61. The number of halogens is 8. The van der Waals surface area contributed by atoms with Gasteiger partial charge in [-0.15, -0.1) is 15.3 Å². The van der Waals surface area contributed by atoms with Crippen molar-refractivity contribution in [2.75, 3.05) is 0 Å². The van der Waals surface area contributed by atoms with Crippen molar-refractivity contribution in [2.45, 2.75) is 121 Å². The van der Waals surface area contributed by atoms with Crippen LogP contribution in [0.2, 0.25) is 0 Å². The summed E-state index contributed by atoms with van der Waals surface area (Å²) in [5.74, 6) is -3.09. The lowest BCUT2D eigenvalue weighted by Crippen LogP contribution is -2.46. The Labute approximate surface area is 667 Å². The van der Waals surface area contributed by atoms with Crippen molar-refractivity contribution in [1.29, 1.82) is 0 Å². The Hall–Kier alpha value is -12.3. The van der Waals surface area contributed by atoms with Gasteiger partial charge in [-0.1, -0.05) is 16.7 Å². The summed E-state index contributed by atoms with van der Waals surface area (Å²) in [7, 11) is -7.21. The first-order valence-corrected chi connectivity index (χ1v) is 41.6. The second kappa shape index (κ2) is 30.6. The van der Waals surface area contributed by atoms with Crippen molar-refractivity contribution < 1.29 is 74.8 Å². The van der Waals surface area contributed by atoms with E-state index in [0.717, 1.165) is 59.7 Å². The van der Waals surface area contributed by atoms with Gasteiger partial charge in [0.2, 0.25) is 29.5 Å². The second-order valence-electron chi connectivity index (χ2n) is 29.8. The number of hydrogen-bond acceptors (Lipinski definition) is 21. The molecule has 0 radical (unpaired) electrons. The van der Waals surface area contributed by atoms with Crippen molar-refractivity contribution >= 4 is 65.1 Å². The predicted molar refractivity (Wildman–Crippen MR) is 406 cm³/mol. The molecule has 606 valence electrons. The minimum atomic E-state index is -4.01. The molecule has 3 saturated carbocycles. The fraction of sp³-hybridized carbons (Fsp3) is 0.287. The molecule has 6 aliphatic rings. The van der Waals surface area contributed by atoms with Crippen LogP contribution in [-0.2, 0) is 69.9 Å². The maximum atomic E-state index is 14.2. The zero-order valence-electron chi connectivity index (χ0n) is 62.7. The number of ketones is 3. The van der Waals surface area contributed by atoms with Crippen LogP contribution < -0.4 is 0 Å². The van der Waals surface area contributed by atoms with Crippen molar-refractivity contribution in [3.63, 3.8) is 0 Å². The zero-order chi connectivity index (χ0) is 83.1. The number of nitrogens with zero attached hydrogens (tertiary/aromatic N) is 18. The van der Waals surface area contributed by atoms with Gasteiger partial charge in [-0.25, -0.2) is 89.4 Å². The highest BCUT2D eigenvalue weighted by Gasteiger charge is 2.56. The molecule has 9 aromatic heterocycles. The number of aromatic nitrogens is 18. The Morgan fingerprint density at radius 3 is 1.03 bits per heavy atom. The smallest absolute Gasteiger partial charge is 0.267 e. The quantitative estimate of drug-likeness (QED) is 0.0603. The van der Waals surface area contributed by atoms with Gasteiger partial charge in [0.1, 0.15) is 59.3 Å². The average Bonchev–Trinajstić information content (AvgIpc) is 1.32. The van der Waals surface area contributed by atoms with Crippen LogP contribution in [0.5, 0.6) is 0 Å². The van der Waals surface area contributed by atoms with Gasteiger partial charge in [0.05, 0.1) is 90.9 Å². The monoisotopic (exact) mass is 1670 g/mol. The maximum Gasteiger partial charge on any atom is 0.267 e. The van der Waals surface area contributed by atoms with Gasteiger partial charge < -0.3 is 0 Å². The van der Waals surface area contributed by atoms with Crippen LogP contribution in [0.4, 0.5) is 35.1 Å². The van der Waals surface area contributed by atoms with Gasteiger partial charge in [-0.05, 0) is 221 Å². The van der Waals surface area contributed by atoms with E-state index < -0.39 is 97.6 Å². The molecule has 0 unspecified atom stereocenters. The van der Waals surface area contributed by atoms with Crippen LogP contribution in [0.1, 0.15) is 147 Å². The summed E-state index contributed by atoms with van der Waals surface area (Å²) in [6.45, 7) is 0. The number of hydrogen-bond donors (Lipinski definition) is 0. The second-order valence-corrected chi connectivity index (χ2v) is 36.2. The van der Waals surface area contributed by atoms with Gasteiger partial charge in [0.15, 0.2) is 17.3 Å². The van der Waals surface area contributed by atoms with Gasteiger partial charge in [0.25, 0.3) is 28.3 Å². The molecule has 18 rings (SSSR count). The number of alkyl halides is 4. The molecule has 0 spiro atoms. The molecule has 27 nitrogen and oxygen atoms in total. The maximum absolute atomic E-state index is 14.2. The van der Waals surface area contributed by atoms with E-state index in [9.17, 15) is 74.8 Å². The van der Waals surface area contributed by atoms with Crippen LogP contribution in [0, 0.1) is 39.5 Å². The molecule has 9 heterocycles. The number of sulfone groups is 3. The minimum absolute atomic E-state index is 0.00151. The molecule has 6 atom stereocenters. The summed E-state index contributed by atoms with van der Waals surface area (Å²) >= 11 is 0. The van der Waals surface area contributed by atoms with E-state index in [0.29, 0.717) is 57.1 Å². The Kier molecular flexibility index (Phi) is 20.6. The number of benzene rings is 3. The molecule has 3 fully saturated rings. The lowest BCUT2D eigenvalue weighted by molar-refractivity contribution is 0.0789. The summed E-state index contributed by atoms with van der Waals surface area (Å²) < 4.78 is 198. The number of pyridine rings is 3. The average molecular weight is 1670 g/mol. The van der Waals surface area contributed by atoms with Gasteiger partial charge in [-0.3, -0.25) is 43.4 Å². The number of fused-ring (bicyclic) bond motifs is 6. The molecule has 0 bridgehead atoms. The van der Waals surface area contributed by atoms with Crippen molar-refractivity contribution in [3.05, 3.63) is 267 Å². The molecule has 0 saturated heterocycles. The van der Waals surface area contributed by atoms with E-state index in [1.165, 1.54) is 81.6 Å². The van der Waals surface area contributed by atoms with Crippen LogP contribution in [0.25, 0.3) is 35.3 Å². The Morgan fingerprint density at radius 2 is 0.720 bits per heavy atom. The summed E-state index contributed by atoms with van der Waals surface area (Å²) in [4.78, 5) is 66.5. The van der Waals surface area contributed by atoms with Crippen molar-refractivity contribution in [1.82, 2.24) is 88.6 Å². The molecule has 38 heteroatoms. The van der Waals surface area contributed by atoms with Crippen LogP contribution in [0.15, 0.2) is 198 Å². The Morgan fingerprint density at radius 1 is 0.390 bits per heavy atom. The van der Waals surface area contributed by atoms with E-state index in [4.69, 9.17) is 0 Å². The van der Waals surface area contributed by atoms with E-state index in [1.807, 2.05) is 18.2 Å². The normalized spacial score (nSPS) is 20.7. The number of carbonyl (C=O) groups is 3. The van der Waals surface area contributed by atoms with E-state index in [1.54, 1.807) is 90.2 Å². The summed E-state index contributed by atoms with van der Waals surface area (Å²) in [6, 6.07) is 24.6. The first-order chi connectivity index (χ1) is 56.3. The molecule has 12 aromatic rings. The number of carbonyl (C=O) groups excluding carboxylic acids is 3. The first kappa shape index (κ1) is 79.5.